The Labute approximate surface area is 188 Å². The lowest BCUT2D eigenvalue weighted by atomic mass is 10.2. The molecule has 0 amide bonds. The van der Waals surface area contributed by atoms with Crippen molar-refractivity contribution in [1.82, 2.24) is 15.0 Å². The van der Waals surface area contributed by atoms with E-state index < -0.39 is 0 Å². The molecule has 2 N–H and O–H groups in total. The second kappa shape index (κ2) is 9.80. The molecule has 0 spiro atoms. The number of hydrogen-bond donors (Lipinski definition) is 2. The smallest absolute Gasteiger partial charge is 0.233 e. The standard InChI is InChI=1S/C22H17Cl2N5S/c23-18-12-11-15(13-19(18)24)14-30-22-28-20(25-16-7-3-1-4-8-16)27-21(29-22)26-17-9-5-2-6-10-17/h1-13H,14H2,(H2,25,26,27,28,29). The van der Waals surface area contributed by atoms with Crippen LogP contribution in [0.25, 0.3) is 0 Å². The number of para-hydroxylation sites is 2. The van der Waals surface area contributed by atoms with Crippen LogP contribution in [0.15, 0.2) is 84.0 Å². The van der Waals surface area contributed by atoms with Crippen LogP contribution in [0.3, 0.4) is 0 Å². The van der Waals surface area contributed by atoms with E-state index in [2.05, 4.69) is 25.6 Å². The third kappa shape index (κ3) is 5.63. The Balaban J connectivity index is 1.58. The summed E-state index contributed by atoms with van der Waals surface area (Å²) in [5, 5.41) is 8.12. The second-order valence-corrected chi connectivity index (χ2v) is 8.04. The minimum atomic E-state index is 0.464. The summed E-state index contributed by atoms with van der Waals surface area (Å²) < 4.78 is 0. The fourth-order valence-corrected chi connectivity index (χ4v) is 3.71. The number of nitrogens with zero attached hydrogens (tertiary/aromatic N) is 3. The molecule has 0 atom stereocenters. The maximum absolute atomic E-state index is 6.12. The molecule has 5 nitrogen and oxygen atoms in total. The Morgan fingerprint density at radius 2 is 1.23 bits per heavy atom. The first kappa shape index (κ1) is 20.5. The Bertz CT molecular complexity index is 1070. The van der Waals surface area contributed by atoms with E-state index in [1.165, 1.54) is 11.8 Å². The molecule has 8 heteroatoms. The maximum atomic E-state index is 6.12. The Hall–Kier alpha value is -2.80. The summed E-state index contributed by atoms with van der Waals surface area (Å²) in [4.78, 5) is 13.6. The zero-order valence-corrected chi connectivity index (χ0v) is 18.0. The first-order chi connectivity index (χ1) is 14.7. The fraction of sp³-hybridized carbons (Fsp3) is 0.0455. The highest BCUT2D eigenvalue weighted by molar-refractivity contribution is 7.98. The number of rotatable bonds is 7. The molecule has 0 aliphatic heterocycles. The van der Waals surface area contributed by atoms with Crippen molar-refractivity contribution in [2.75, 3.05) is 10.6 Å². The van der Waals surface area contributed by atoms with Crippen molar-refractivity contribution in [3.8, 4) is 0 Å². The highest BCUT2D eigenvalue weighted by Gasteiger charge is 2.09. The summed E-state index contributed by atoms with van der Waals surface area (Å²) in [5.41, 5.74) is 2.83. The number of anilines is 4. The van der Waals surface area contributed by atoms with Gasteiger partial charge in [-0.25, -0.2) is 0 Å². The lowest BCUT2D eigenvalue weighted by molar-refractivity contribution is 0.920. The molecular formula is C22H17Cl2N5S. The summed E-state index contributed by atoms with van der Waals surface area (Å²) in [6.45, 7) is 0. The maximum Gasteiger partial charge on any atom is 0.233 e. The summed E-state index contributed by atoms with van der Waals surface area (Å²) in [5.74, 6) is 1.58. The van der Waals surface area contributed by atoms with Crippen LogP contribution < -0.4 is 10.6 Å². The van der Waals surface area contributed by atoms with E-state index in [4.69, 9.17) is 23.2 Å². The van der Waals surface area contributed by atoms with Crippen molar-refractivity contribution in [3.05, 3.63) is 94.5 Å². The molecule has 0 saturated heterocycles. The lowest BCUT2D eigenvalue weighted by Crippen LogP contribution is -2.05. The van der Waals surface area contributed by atoms with Gasteiger partial charge in [0.25, 0.3) is 0 Å². The Kier molecular flexibility index (Phi) is 6.69. The van der Waals surface area contributed by atoms with E-state index in [9.17, 15) is 0 Å². The van der Waals surface area contributed by atoms with Crippen molar-refractivity contribution in [3.63, 3.8) is 0 Å². The van der Waals surface area contributed by atoms with Gasteiger partial charge in [-0.15, -0.1) is 0 Å². The predicted octanol–water partition coefficient (Wildman–Crippen LogP) is 6.96. The molecule has 1 aromatic heterocycles. The van der Waals surface area contributed by atoms with E-state index in [1.807, 2.05) is 72.8 Å². The molecular weight excluding hydrogens is 437 g/mol. The highest BCUT2D eigenvalue weighted by atomic mass is 35.5. The number of halogens is 2. The van der Waals surface area contributed by atoms with Crippen LogP contribution in [-0.2, 0) is 5.75 Å². The zero-order chi connectivity index (χ0) is 20.8. The molecule has 0 bridgehead atoms. The number of nitrogens with one attached hydrogen (secondary N) is 2. The van der Waals surface area contributed by atoms with E-state index >= 15 is 0 Å². The topological polar surface area (TPSA) is 62.7 Å². The quantitative estimate of drug-likeness (QED) is 0.295. The average molecular weight is 454 g/mol. The molecule has 0 saturated carbocycles. The van der Waals surface area contributed by atoms with Gasteiger partial charge < -0.3 is 10.6 Å². The van der Waals surface area contributed by atoms with Gasteiger partial charge in [0.15, 0.2) is 5.16 Å². The van der Waals surface area contributed by atoms with Gasteiger partial charge in [0.2, 0.25) is 11.9 Å². The largest absolute Gasteiger partial charge is 0.324 e. The summed E-state index contributed by atoms with van der Waals surface area (Å²) >= 11 is 13.6. The molecule has 150 valence electrons. The van der Waals surface area contributed by atoms with E-state index in [0.29, 0.717) is 32.9 Å². The van der Waals surface area contributed by atoms with E-state index in [1.54, 1.807) is 6.07 Å². The molecule has 0 radical (unpaired) electrons. The van der Waals surface area contributed by atoms with Crippen LogP contribution >= 0.6 is 35.0 Å². The predicted molar refractivity (Wildman–Crippen MR) is 125 cm³/mol. The summed E-state index contributed by atoms with van der Waals surface area (Å²) in [6.07, 6.45) is 0. The lowest BCUT2D eigenvalue weighted by Gasteiger charge is -2.10. The van der Waals surface area contributed by atoms with Crippen LogP contribution in [-0.4, -0.2) is 15.0 Å². The fourth-order valence-electron chi connectivity index (χ4n) is 2.61. The Morgan fingerprint density at radius 3 is 1.77 bits per heavy atom. The van der Waals surface area contributed by atoms with Crippen LogP contribution in [0.1, 0.15) is 5.56 Å². The first-order valence-corrected chi connectivity index (χ1v) is 10.9. The molecule has 0 unspecified atom stereocenters. The molecule has 0 aliphatic carbocycles. The summed E-state index contributed by atoms with van der Waals surface area (Å²) in [7, 11) is 0. The SMILES string of the molecule is Clc1ccc(CSc2nc(Nc3ccccc3)nc(Nc3ccccc3)n2)cc1Cl. The van der Waals surface area contributed by atoms with Crippen molar-refractivity contribution < 1.29 is 0 Å². The van der Waals surface area contributed by atoms with Gasteiger partial charge in [-0.1, -0.05) is 77.4 Å². The summed E-state index contributed by atoms with van der Waals surface area (Å²) in [6, 6.07) is 25.1. The number of aromatic nitrogens is 3. The number of thioether (sulfide) groups is 1. The minimum absolute atomic E-state index is 0.464. The van der Waals surface area contributed by atoms with Crippen molar-refractivity contribution in [1.29, 1.82) is 0 Å². The van der Waals surface area contributed by atoms with E-state index in [-0.39, 0.29) is 0 Å². The average Bonchev–Trinajstić information content (AvgIpc) is 2.76. The Morgan fingerprint density at radius 1 is 0.667 bits per heavy atom. The number of hydrogen-bond acceptors (Lipinski definition) is 6. The van der Waals surface area contributed by atoms with Gasteiger partial charge >= 0.3 is 0 Å². The zero-order valence-electron chi connectivity index (χ0n) is 15.7. The van der Waals surface area contributed by atoms with Crippen LogP contribution in [0.2, 0.25) is 10.0 Å². The van der Waals surface area contributed by atoms with Gasteiger partial charge in [0.1, 0.15) is 0 Å². The second-order valence-electron chi connectivity index (χ2n) is 6.28. The van der Waals surface area contributed by atoms with Gasteiger partial charge in [0, 0.05) is 17.1 Å². The molecule has 3 aromatic carbocycles. The van der Waals surface area contributed by atoms with Crippen LogP contribution in [0, 0.1) is 0 Å². The van der Waals surface area contributed by atoms with Gasteiger partial charge in [0.05, 0.1) is 10.0 Å². The van der Waals surface area contributed by atoms with Crippen molar-refractivity contribution in [2.45, 2.75) is 10.9 Å². The third-order valence-corrected chi connectivity index (χ3v) is 5.68. The third-order valence-electron chi connectivity index (χ3n) is 4.03. The normalized spacial score (nSPS) is 10.6. The molecule has 4 aromatic rings. The minimum Gasteiger partial charge on any atom is -0.324 e. The van der Waals surface area contributed by atoms with Crippen LogP contribution in [0.4, 0.5) is 23.3 Å². The van der Waals surface area contributed by atoms with Crippen molar-refractivity contribution in [2.24, 2.45) is 0 Å². The van der Waals surface area contributed by atoms with Crippen molar-refractivity contribution >= 4 is 58.2 Å². The van der Waals surface area contributed by atoms with Gasteiger partial charge in [-0.3, -0.25) is 0 Å². The van der Waals surface area contributed by atoms with Gasteiger partial charge in [-0.2, -0.15) is 15.0 Å². The number of benzene rings is 3. The molecule has 0 aliphatic rings. The monoisotopic (exact) mass is 453 g/mol. The van der Waals surface area contributed by atoms with Crippen LogP contribution in [0.5, 0.6) is 0 Å². The highest BCUT2D eigenvalue weighted by Crippen LogP contribution is 2.27. The molecule has 1 heterocycles. The van der Waals surface area contributed by atoms with E-state index in [0.717, 1.165) is 16.9 Å². The molecule has 0 fully saturated rings. The molecule has 30 heavy (non-hydrogen) atoms. The molecule has 4 rings (SSSR count). The van der Waals surface area contributed by atoms with Gasteiger partial charge in [-0.05, 0) is 42.0 Å². The first-order valence-electron chi connectivity index (χ1n) is 9.13.